The van der Waals surface area contributed by atoms with E-state index in [9.17, 15) is 0 Å². The van der Waals surface area contributed by atoms with Crippen LogP contribution in [0.25, 0.3) is 0 Å². The Morgan fingerprint density at radius 1 is 1.04 bits per heavy atom. The van der Waals surface area contributed by atoms with Crippen LogP contribution in [0.5, 0.6) is 5.75 Å². The van der Waals surface area contributed by atoms with Crippen molar-refractivity contribution in [1.29, 1.82) is 0 Å². The first-order valence-corrected chi connectivity index (χ1v) is 8.52. The van der Waals surface area contributed by atoms with Crippen LogP contribution in [0, 0.1) is 0 Å². The van der Waals surface area contributed by atoms with E-state index in [0.717, 1.165) is 37.6 Å². The van der Waals surface area contributed by atoms with Crippen molar-refractivity contribution in [3.63, 3.8) is 0 Å². The Morgan fingerprint density at radius 2 is 1.88 bits per heavy atom. The molecule has 3 aromatic rings. The number of nitrogens with zero attached hydrogens (tertiary/aromatic N) is 4. The second-order valence-electron chi connectivity index (χ2n) is 5.99. The van der Waals surface area contributed by atoms with E-state index in [1.165, 1.54) is 11.3 Å². The van der Waals surface area contributed by atoms with Crippen LogP contribution in [-0.2, 0) is 26.2 Å². The molecular formula is C20H24N4O. The summed E-state index contributed by atoms with van der Waals surface area (Å²) in [5.74, 6) is 0.879. The first kappa shape index (κ1) is 17.2. The van der Waals surface area contributed by atoms with Crippen molar-refractivity contribution in [3.05, 3.63) is 78.1 Å². The maximum absolute atomic E-state index is 5.25. The van der Waals surface area contributed by atoms with E-state index in [1.54, 1.807) is 7.11 Å². The zero-order valence-electron chi connectivity index (χ0n) is 14.8. The van der Waals surface area contributed by atoms with Gasteiger partial charge in [0.05, 0.1) is 24.8 Å². The van der Waals surface area contributed by atoms with Gasteiger partial charge in [0.15, 0.2) is 0 Å². The van der Waals surface area contributed by atoms with Crippen molar-refractivity contribution < 1.29 is 4.74 Å². The van der Waals surface area contributed by atoms with Gasteiger partial charge in [0.2, 0.25) is 0 Å². The molecule has 5 nitrogen and oxygen atoms in total. The third-order valence-corrected chi connectivity index (χ3v) is 4.20. The SMILES string of the molecule is CCn1cncc1CN(Cc1ccc(OC)cc1)Cc1ccccn1. The van der Waals surface area contributed by atoms with Crippen molar-refractivity contribution in [2.45, 2.75) is 33.1 Å². The number of hydrogen-bond acceptors (Lipinski definition) is 4. The van der Waals surface area contributed by atoms with E-state index in [1.807, 2.05) is 43.0 Å². The molecule has 2 aromatic heterocycles. The summed E-state index contributed by atoms with van der Waals surface area (Å²) < 4.78 is 7.43. The Bertz CT molecular complexity index is 768. The molecule has 0 aliphatic heterocycles. The van der Waals surface area contributed by atoms with Crippen LogP contribution in [0.2, 0.25) is 0 Å². The summed E-state index contributed by atoms with van der Waals surface area (Å²) in [7, 11) is 1.69. The number of ether oxygens (including phenoxy) is 1. The number of benzene rings is 1. The smallest absolute Gasteiger partial charge is 0.118 e. The highest BCUT2D eigenvalue weighted by Gasteiger charge is 2.12. The van der Waals surface area contributed by atoms with Gasteiger partial charge in [0.25, 0.3) is 0 Å². The summed E-state index contributed by atoms with van der Waals surface area (Å²) in [5.41, 5.74) is 3.53. The zero-order valence-corrected chi connectivity index (χ0v) is 14.8. The summed E-state index contributed by atoms with van der Waals surface area (Å²) in [5, 5.41) is 0. The molecule has 0 saturated carbocycles. The zero-order chi connectivity index (χ0) is 17.5. The number of methoxy groups -OCH3 is 1. The highest BCUT2D eigenvalue weighted by molar-refractivity contribution is 5.27. The highest BCUT2D eigenvalue weighted by Crippen LogP contribution is 2.16. The summed E-state index contributed by atoms with van der Waals surface area (Å²) in [6, 6.07) is 14.3. The Morgan fingerprint density at radius 3 is 2.56 bits per heavy atom. The van der Waals surface area contributed by atoms with Gasteiger partial charge in [-0.25, -0.2) is 4.98 Å². The van der Waals surface area contributed by atoms with Crippen LogP contribution in [0.15, 0.2) is 61.2 Å². The maximum atomic E-state index is 5.25. The first-order valence-electron chi connectivity index (χ1n) is 8.52. The summed E-state index contributed by atoms with van der Waals surface area (Å²) in [4.78, 5) is 11.1. The number of aromatic nitrogens is 3. The number of imidazole rings is 1. The minimum atomic E-state index is 0.793. The lowest BCUT2D eigenvalue weighted by Crippen LogP contribution is -2.24. The largest absolute Gasteiger partial charge is 0.497 e. The molecule has 0 unspecified atom stereocenters. The lowest BCUT2D eigenvalue weighted by atomic mass is 10.2. The fraction of sp³-hybridized carbons (Fsp3) is 0.300. The molecule has 0 aliphatic rings. The Kier molecular flexibility index (Phi) is 5.80. The molecule has 0 atom stereocenters. The predicted octanol–water partition coefficient (Wildman–Crippen LogP) is 3.51. The van der Waals surface area contributed by atoms with Gasteiger partial charge in [0.1, 0.15) is 5.75 Å². The number of aryl methyl sites for hydroxylation is 1. The molecule has 130 valence electrons. The number of pyridine rings is 1. The monoisotopic (exact) mass is 336 g/mol. The van der Waals surface area contributed by atoms with Gasteiger partial charge in [0, 0.05) is 38.6 Å². The van der Waals surface area contributed by atoms with Crippen molar-refractivity contribution in [2.24, 2.45) is 0 Å². The quantitative estimate of drug-likeness (QED) is 0.631. The maximum Gasteiger partial charge on any atom is 0.118 e. The third-order valence-electron chi connectivity index (χ3n) is 4.20. The molecule has 0 saturated heterocycles. The standard InChI is InChI=1S/C20H24N4O/c1-3-24-16-21-12-19(24)15-23(14-18-6-4-5-11-22-18)13-17-7-9-20(25-2)10-8-17/h4-12,16H,3,13-15H2,1-2H3. The molecule has 0 N–H and O–H groups in total. The number of rotatable bonds is 8. The lowest BCUT2D eigenvalue weighted by Gasteiger charge is -2.22. The van der Waals surface area contributed by atoms with Gasteiger partial charge in [-0.05, 0) is 36.8 Å². The Hall–Kier alpha value is -2.66. The Balaban J connectivity index is 1.77. The summed E-state index contributed by atoms with van der Waals surface area (Å²) >= 11 is 0. The minimum absolute atomic E-state index is 0.793. The molecule has 2 heterocycles. The van der Waals surface area contributed by atoms with Crippen molar-refractivity contribution in [2.75, 3.05) is 7.11 Å². The fourth-order valence-electron chi connectivity index (χ4n) is 2.87. The fourth-order valence-corrected chi connectivity index (χ4v) is 2.87. The lowest BCUT2D eigenvalue weighted by molar-refractivity contribution is 0.238. The van der Waals surface area contributed by atoms with E-state index in [0.29, 0.717) is 0 Å². The van der Waals surface area contributed by atoms with Gasteiger partial charge in [-0.1, -0.05) is 18.2 Å². The van der Waals surface area contributed by atoms with Gasteiger partial charge < -0.3 is 9.30 Å². The van der Waals surface area contributed by atoms with Crippen LogP contribution >= 0.6 is 0 Å². The van der Waals surface area contributed by atoms with Crippen LogP contribution in [-0.4, -0.2) is 26.5 Å². The minimum Gasteiger partial charge on any atom is -0.497 e. The van der Waals surface area contributed by atoms with Crippen LogP contribution in [0.1, 0.15) is 23.9 Å². The molecule has 1 aromatic carbocycles. The van der Waals surface area contributed by atoms with E-state index in [4.69, 9.17) is 4.74 Å². The van der Waals surface area contributed by atoms with E-state index < -0.39 is 0 Å². The molecule has 25 heavy (non-hydrogen) atoms. The van der Waals surface area contributed by atoms with Crippen LogP contribution in [0.3, 0.4) is 0 Å². The van der Waals surface area contributed by atoms with Gasteiger partial charge in [-0.2, -0.15) is 0 Å². The molecule has 0 aliphatic carbocycles. The van der Waals surface area contributed by atoms with Crippen LogP contribution < -0.4 is 4.74 Å². The highest BCUT2D eigenvalue weighted by atomic mass is 16.5. The molecule has 5 heteroatoms. The van der Waals surface area contributed by atoms with Gasteiger partial charge >= 0.3 is 0 Å². The summed E-state index contributed by atoms with van der Waals surface area (Å²) in [6.07, 6.45) is 5.68. The van der Waals surface area contributed by atoms with Crippen molar-refractivity contribution >= 4 is 0 Å². The summed E-state index contributed by atoms with van der Waals surface area (Å²) in [6.45, 7) is 5.53. The van der Waals surface area contributed by atoms with E-state index in [2.05, 4.69) is 44.6 Å². The van der Waals surface area contributed by atoms with Gasteiger partial charge in [-0.3, -0.25) is 9.88 Å². The molecule has 0 amide bonds. The second kappa shape index (κ2) is 8.44. The average Bonchev–Trinajstić information content (AvgIpc) is 3.10. The molecule has 0 radical (unpaired) electrons. The molecule has 0 spiro atoms. The van der Waals surface area contributed by atoms with E-state index in [-0.39, 0.29) is 0 Å². The molecule has 3 rings (SSSR count). The third kappa shape index (κ3) is 4.67. The van der Waals surface area contributed by atoms with Gasteiger partial charge in [-0.15, -0.1) is 0 Å². The van der Waals surface area contributed by atoms with Crippen molar-refractivity contribution in [1.82, 2.24) is 19.4 Å². The molecule has 0 bridgehead atoms. The topological polar surface area (TPSA) is 43.2 Å². The molecular weight excluding hydrogens is 312 g/mol. The second-order valence-corrected chi connectivity index (χ2v) is 5.99. The Labute approximate surface area is 148 Å². The first-order chi connectivity index (χ1) is 12.3. The molecule has 0 fully saturated rings. The van der Waals surface area contributed by atoms with Crippen LogP contribution in [0.4, 0.5) is 0 Å². The normalized spacial score (nSPS) is 11.0. The average molecular weight is 336 g/mol. The van der Waals surface area contributed by atoms with E-state index >= 15 is 0 Å². The van der Waals surface area contributed by atoms with Crippen molar-refractivity contribution in [3.8, 4) is 5.75 Å². The number of hydrogen-bond donors (Lipinski definition) is 0. The predicted molar refractivity (Wildman–Crippen MR) is 98.1 cm³/mol.